The van der Waals surface area contributed by atoms with Gasteiger partial charge in [-0.1, -0.05) is 164 Å². The SMILES string of the molecule is C(=C1/c2ccccc2C23c4ccccc4/C(=C\c4ccccc4)C12/C(=C/c1ccccc1)c1ccccc13)/c1ccccc1. The van der Waals surface area contributed by atoms with E-state index in [1.165, 1.54) is 66.8 Å². The maximum atomic E-state index is 2.47. The third-order valence-electron chi connectivity index (χ3n) is 9.97. The Bertz CT molecular complexity index is 1900. The number of rotatable bonds is 3. The molecule has 0 bridgehead atoms. The molecule has 0 unspecified atom stereocenters. The average Bonchev–Trinajstić information content (AvgIpc) is 3.60. The first-order valence-corrected chi connectivity index (χ1v) is 15.4. The fourth-order valence-electron chi connectivity index (χ4n) is 8.53. The molecule has 0 heteroatoms. The highest BCUT2D eigenvalue weighted by Crippen LogP contribution is 2.81. The summed E-state index contributed by atoms with van der Waals surface area (Å²) in [5.41, 5.74) is 15.0. The third kappa shape index (κ3) is 3.18. The second-order valence-electron chi connectivity index (χ2n) is 12.0. The summed E-state index contributed by atoms with van der Waals surface area (Å²) >= 11 is 0. The van der Waals surface area contributed by atoms with Crippen LogP contribution in [0.25, 0.3) is 34.9 Å². The van der Waals surface area contributed by atoms with E-state index >= 15 is 0 Å². The van der Waals surface area contributed by atoms with Crippen molar-refractivity contribution in [2.45, 2.75) is 5.41 Å². The fourth-order valence-corrected chi connectivity index (χ4v) is 8.53. The number of hydrogen-bond donors (Lipinski definition) is 0. The lowest BCUT2D eigenvalue weighted by molar-refractivity contribution is 0.535. The second kappa shape index (κ2) is 9.53. The van der Waals surface area contributed by atoms with Gasteiger partial charge in [0.05, 0.1) is 10.8 Å². The normalized spacial score (nSPS) is 23.3. The zero-order valence-electron chi connectivity index (χ0n) is 24.3. The van der Waals surface area contributed by atoms with E-state index in [2.05, 4.69) is 182 Å². The highest BCUT2D eigenvalue weighted by atomic mass is 14.7. The van der Waals surface area contributed by atoms with Crippen LogP contribution in [0.15, 0.2) is 164 Å². The van der Waals surface area contributed by atoms with Gasteiger partial charge in [0, 0.05) is 0 Å². The van der Waals surface area contributed by atoms with E-state index in [-0.39, 0.29) is 0 Å². The molecule has 0 fully saturated rings. The Balaban J connectivity index is 1.53. The van der Waals surface area contributed by atoms with Crippen molar-refractivity contribution in [3.63, 3.8) is 0 Å². The first-order valence-electron chi connectivity index (χ1n) is 15.4. The highest BCUT2D eigenvalue weighted by Gasteiger charge is 2.73. The van der Waals surface area contributed by atoms with Crippen molar-refractivity contribution in [2.24, 2.45) is 5.41 Å². The molecule has 0 spiro atoms. The molecular formula is C44H30. The van der Waals surface area contributed by atoms with Crippen molar-refractivity contribution in [1.29, 1.82) is 0 Å². The van der Waals surface area contributed by atoms with Gasteiger partial charge in [0.25, 0.3) is 0 Å². The van der Waals surface area contributed by atoms with E-state index < -0.39 is 10.8 Å². The Hall–Kier alpha value is -5.46. The summed E-state index contributed by atoms with van der Waals surface area (Å²) in [7, 11) is 0. The van der Waals surface area contributed by atoms with Crippen molar-refractivity contribution < 1.29 is 0 Å². The molecule has 0 aromatic heterocycles. The molecule has 3 aliphatic rings. The molecular weight excluding hydrogens is 528 g/mol. The zero-order chi connectivity index (χ0) is 29.1. The molecule has 0 N–H and O–H groups in total. The van der Waals surface area contributed by atoms with Crippen LogP contribution in [0.3, 0.4) is 0 Å². The molecule has 44 heavy (non-hydrogen) atoms. The average molecular weight is 559 g/mol. The van der Waals surface area contributed by atoms with Crippen LogP contribution in [-0.2, 0) is 5.41 Å². The molecule has 6 aromatic rings. The van der Waals surface area contributed by atoms with Crippen molar-refractivity contribution in [1.82, 2.24) is 0 Å². The highest BCUT2D eigenvalue weighted by molar-refractivity contribution is 6.21. The smallest absolute Gasteiger partial charge is 0.0622 e. The zero-order valence-corrected chi connectivity index (χ0v) is 24.3. The number of hydrogen-bond acceptors (Lipinski definition) is 0. The van der Waals surface area contributed by atoms with E-state index in [0.29, 0.717) is 0 Å². The predicted octanol–water partition coefficient (Wildman–Crippen LogP) is 10.7. The van der Waals surface area contributed by atoms with Crippen LogP contribution in [0, 0.1) is 5.41 Å². The minimum absolute atomic E-state index is 0.404. The maximum Gasteiger partial charge on any atom is 0.0648 e. The topological polar surface area (TPSA) is 0 Å². The van der Waals surface area contributed by atoms with Gasteiger partial charge in [-0.2, -0.15) is 0 Å². The molecule has 0 amide bonds. The van der Waals surface area contributed by atoms with E-state index in [0.717, 1.165) is 0 Å². The molecule has 9 rings (SSSR count). The molecule has 0 radical (unpaired) electrons. The van der Waals surface area contributed by atoms with Crippen LogP contribution in [0.1, 0.15) is 50.1 Å². The predicted molar refractivity (Wildman–Crippen MR) is 185 cm³/mol. The van der Waals surface area contributed by atoms with Crippen LogP contribution < -0.4 is 0 Å². The number of allylic oxidation sites excluding steroid dienone is 3. The monoisotopic (exact) mass is 558 g/mol. The van der Waals surface area contributed by atoms with Crippen molar-refractivity contribution in [2.75, 3.05) is 0 Å². The van der Waals surface area contributed by atoms with Crippen LogP contribution in [0.4, 0.5) is 0 Å². The standard InChI is InChI=1S/C44H30/c1-4-16-31(17-5-1)28-40-34-22-10-13-25-37(34)43-38-26-14-11-23-35(38)41(29-32-18-6-2-7-19-32)44(40,43)42(30-33-20-8-3-9-21-33)36-24-12-15-27-39(36)43/h1-30H/b40-28+,41-29+,42-30+. The van der Waals surface area contributed by atoms with Gasteiger partial charge in [-0.05, 0) is 85.0 Å². The Morgan fingerprint density at radius 2 is 0.545 bits per heavy atom. The molecule has 0 heterocycles. The second-order valence-corrected chi connectivity index (χ2v) is 12.0. The van der Waals surface area contributed by atoms with Gasteiger partial charge in [0.2, 0.25) is 0 Å². The summed E-state index contributed by atoms with van der Waals surface area (Å²) in [5, 5.41) is 0. The molecule has 3 aliphatic carbocycles. The van der Waals surface area contributed by atoms with E-state index in [1.807, 2.05) is 0 Å². The van der Waals surface area contributed by atoms with Gasteiger partial charge in [-0.3, -0.25) is 0 Å². The minimum atomic E-state index is -0.481. The van der Waals surface area contributed by atoms with E-state index in [4.69, 9.17) is 0 Å². The van der Waals surface area contributed by atoms with Crippen molar-refractivity contribution in [3.05, 3.63) is 214 Å². The molecule has 0 nitrogen and oxygen atoms in total. The lowest BCUT2D eigenvalue weighted by Crippen LogP contribution is -2.36. The summed E-state index contributed by atoms with van der Waals surface area (Å²) in [6.45, 7) is 0. The molecule has 0 atom stereocenters. The first-order chi connectivity index (χ1) is 21.8. The first kappa shape index (κ1) is 25.1. The molecule has 0 saturated carbocycles. The molecule has 0 aliphatic heterocycles. The van der Waals surface area contributed by atoms with Gasteiger partial charge >= 0.3 is 0 Å². The van der Waals surface area contributed by atoms with Crippen molar-refractivity contribution >= 4 is 34.9 Å². The summed E-state index contributed by atoms with van der Waals surface area (Å²) in [4.78, 5) is 0. The Morgan fingerprint density at radius 3 is 0.864 bits per heavy atom. The largest absolute Gasteiger partial charge is 0.0648 e. The quantitative estimate of drug-likeness (QED) is 0.203. The van der Waals surface area contributed by atoms with Gasteiger partial charge in [0.1, 0.15) is 0 Å². The Labute approximate surface area is 259 Å². The maximum absolute atomic E-state index is 2.47. The van der Waals surface area contributed by atoms with Gasteiger partial charge in [-0.25, -0.2) is 0 Å². The lowest BCUT2D eigenvalue weighted by Gasteiger charge is -2.40. The van der Waals surface area contributed by atoms with Crippen LogP contribution >= 0.6 is 0 Å². The molecule has 0 saturated heterocycles. The van der Waals surface area contributed by atoms with E-state index in [1.54, 1.807) is 0 Å². The Kier molecular flexibility index (Phi) is 5.43. The summed E-state index contributed by atoms with van der Waals surface area (Å²) in [5.74, 6) is 0. The fraction of sp³-hybridized carbons (Fsp3) is 0.0455. The van der Waals surface area contributed by atoms with Crippen LogP contribution in [-0.4, -0.2) is 0 Å². The molecule has 6 aromatic carbocycles. The van der Waals surface area contributed by atoms with Crippen LogP contribution in [0.2, 0.25) is 0 Å². The van der Waals surface area contributed by atoms with E-state index in [9.17, 15) is 0 Å². The summed E-state index contributed by atoms with van der Waals surface area (Å²) in [6.07, 6.45) is 7.40. The summed E-state index contributed by atoms with van der Waals surface area (Å²) in [6, 6.07) is 60.1. The van der Waals surface area contributed by atoms with Gasteiger partial charge < -0.3 is 0 Å². The molecule has 206 valence electrons. The summed E-state index contributed by atoms with van der Waals surface area (Å²) < 4.78 is 0. The lowest BCUT2D eigenvalue weighted by atomic mass is 9.59. The third-order valence-corrected chi connectivity index (χ3v) is 9.97. The number of fused-ring (bicyclic) bond motifs is 3. The Morgan fingerprint density at radius 1 is 0.273 bits per heavy atom. The van der Waals surface area contributed by atoms with Crippen molar-refractivity contribution in [3.8, 4) is 0 Å². The van der Waals surface area contributed by atoms with Gasteiger partial charge in [0.15, 0.2) is 0 Å². The van der Waals surface area contributed by atoms with Gasteiger partial charge in [-0.15, -0.1) is 0 Å². The number of benzene rings is 6. The van der Waals surface area contributed by atoms with Crippen LogP contribution in [0.5, 0.6) is 0 Å². The minimum Gasteiger partial charge on any atom is -0.0622 e.